The number of aliphatic hydroxyl groups is 2. The molecule has 104 valence electrons. The maximum atomic E-state index is 11.5. The van der Waals surface area contributed by atoms with Crippen LogP contribution in [0.4, 0.5) is 0 Å². The highest BCUT2D eigenvalue weighted by Crippen LogP contribution is 2.19. The van der Waals surface area contributed by atoms with Crippen LogP contribution in [-0.4, -0.2) is 41.3 Å². The number of carbonyl (C=O) groups is 2. The maximum absolute atomic E-state index is 11.5. The Morgan fingerprint density at radius 2 is 2.00 bits per heavy atom. The topological polar surface area (TPSA) is 98.7 Å². The van der Waals surface area contributed by atoms with Crippen LogP contribution in [0, 0.1) is 5.41 Å². The van der Waals surface area contributed by atoms with E-state index in [0.717, 1.165) is 6.42 Å². The molecule has 6 nitrogen and oxygen atoms in total. The lowest BCUT2D eigenvalue weighted by molar-refractivity contribution is -0.136. The molecule has 0 heterocycles. The quantitative estimate of drug-likeness (QED) is 0.464. The van der Waals surface area contributed by atoms with Crippen LogP contribution in [0.15, 0.2) is 12.3 Å². The normalized spacial score (nSPS) is 13.4. The molecule has 0 fully saturated rings. The Kier molecular flexibility index (Phi) is 7.23. The first kappa shape index (κ1) is 16.6. The molecule has 0 saturated heterocycles. The SMILES string of the molecule is CCCNC(=O)/C=C\NC(=O)C(O)C(C)(C)CO. The van der Waals surface area contributed by atoms with E-state index in [9.17, 15) is 14.7 Å². The van der Waals surface area contributed by atoms with Crippen molar-refractivity contribution in [3.8, 4) is 0 Å². The van der Waals surface area contributed by atoms with Crippen molar-refractivity contribution in [1.82, 2.24) is 10.6 Å². The van der Waals surface area contributed by atoms with Gasteiger partial charge in [0.15, 0.2) is 0 Å². The Morgan fingerprint density at radius 3 is 2.50 bits per heavy atom. The third-order valence-corrected chi connectivity index (χ3v) is 2.41. The van der Waals surface area contributed by atoms with Gasteiger partial charge in [-0.1, -0.05) is 20.8 Å². The number of carbonyl (C=O) groups excluding carboxylic acids is 2. The summed E-state index contributed by atoms with van der Waals surface area (Å²) in [6.45, 7) is 5.31. The molecular weight excluding hydrogens is 236 g/mol. The first-order valence-electron chi connectivity index (χ1n) is 5.88. The minimum atomic E-state index is -1.34. The van der Waals surface area contributed by atoms with Gasteiger partial charge in [-0.05, 0) is 6.42 Å². The number of hydrogen-bond acceptors (Lipinski definition) is 4. The zero-order valence-corrected chi connectivity index (χ0v) is 11.1. The largest absolute Gasteiger partial charge is 0.396 e. The van der Waals surface area contributed by atoms with Crippen molar-refractivity contribution >= 4 is 11.8 Å². The van der Waals surface area contributed by atoms with Crippen molar-refractivity contribution in [3.05, 3.63) is 12.3 Å². The molecule has 0 rings (SSSR count). The van der Waals surface area contributed by atoms with E-state index in [-0.39, 0.29) is 12.5 Å². The summed E-state index contributed by atoms with van der Waals surface area (Å²) in [5.41, 5.74) is -0.928. The van der Waals surface area contributed by atoms with Crippen LogP contribution in [0.3, 0.4) is 0 Å². The third kappa shape index (κ3) is 5.79. The number of amides is 2. The lowest BCUT2D eigenvalue weighted by atomic mass is 9.87. The highest BCUT2D eigenvalue weighted by molar-refractivity contribution is 5.88. The van der Waals surface area contributed by atoms with Gasteiger partial charge in [0.2, 0.25) is 5.91 Å². The molecule has 0 radical (unpaired) electrons. The smallest absolute Gasteiger partial charge is 0.253 e. The van der Waals surface area contributed by atoms with Crippen LogP contribution >= 0.6 is 0 Å². The molecule has 1 atom stereocenters. The Morgan fingerprint density at radius 1 is 1.39 bits per heavy atom. The molecule has 0 aliphatic heterocycles. The molecule has 6 heteroatoms. The van der Waals surface area contributed by atoms with Gasteiger partial charge in [0.05, 0.1) is 6.61 Å². The predicted molar refractivity (Wildman–Crippen MR) is 67.5 cm³/mol. The monoisotopic (exact) mass is 258 g/mol. The molecule has 0 bridgehead atoms. The summed E-state index contributed by atoms with van der Waals surface area (Å²) in [6.07, 6.45) is 1.83. The van der Waals surface area contributed by atoms with E-state index in [0.29, 0.717) is 6.54 Å². The van der Waals surface area contributed by atoms with Crippen molar-refractivity contribution in [2.75, 3.05) is 13.2 Å². The first-order chi connectivity index (χ1) is 8.35. The summed E-state index contributed by atoms with van der Waals surface area (Å²) in [7, 11) is 0. The maximum Gasteiger partial charge on any atom is 0.253 e. The number of hydrogen-bond donors (Lipinski definition) is 4. The zero-order chi connectivity index (χ0) is 14.2. The molecule has 0 aromatic heterocycles. The van der Waals surface area contributed by atoms with Crippen molar-refractivity contribution in [1.29, 1.82) is 0 Å². The number of aliphatic hydroxyl groups excluding tert-OH is 2. The third-order valence-electron chi connectivity index (χ3n) is 2.41. The molecule has 0 spiro atoms. The second-order valence-corrected chi connectivity index (χ2v) is 4.68. The Balaban J connectivity index is 4.18. The number of rotatable bonds is 7. The van der Waals surface area contributed by atoms with Gasteiger partial charge in [0.25, 0.3) is 5.91 Å². The van der Waals surface area contributed by atoms with Gasteiger partial charge in [-0.2, -0.15) is 0 Å². The van der Waals surface area contributed by atoms with E-state index >= 15 is 0 Å². The van der Waals surface area contributed by atoms with Gasteiger partial charge in [-0.3, -0.25) is 9.59 Å². The van der Waals surface area contributed by atoms with Crippen molar-refractivity contribution in [3.63, 3.8) is 0 Å². The summed E-state index contributed by atoms with van der Waals surface area (Å²) >= 11 is 0. The second kappa shape index (κ2) is 7.84. The highest BCUT2D eigenvalue weighted by atomic mass is 16.3. The molecule has 0 aliphatic rings. The van der Waals surface area contributed by atoms with E-state index < -0.39 is 17.4 Å². The van der Waals surface area contributed by atoms with Crippen molar-refractivity contribution in [2.24, 2.45) is 5.41 Å². The number of nitrogens with one attached hydrogen (secondary N) is 2. The minimum absolute atomic E-state index is 0.312. The average molecular weight is 258 g/mol. The van der Waals surface area contributed by atoms with Crippen molar-refractivity contribution < 1.29 is 19.8 Å². The van der Waals surface area contributed by atoms with Crippen LogP contribution in [0.1, 0.15) is 27.2 Å². The molecule has 0 saturated carbocycles. The van der Waals surface area contributed by atoms with E-state index in [1.54, 1.807) is 13.8 Å². The molecule has 0 aromatic rings. The van der Waals surface area contributed by atoms with Crippen LogP contribution < -0.4 is 10.6 Å². The van der Waals surface area contributed by atoms with Gasteiger partial charge in [-0.15, -0.1) is 0 Å². The summed E-state index contributed by atoms with van der Waals surface area (Å²) in [5.74, 6) is -0.971. The van der Waals surface area contributed by atoms with Gasteiger partial charge in [-0.25, -0.2) is 0 Å². The fraction of sp³-hybridized carbons (Fsp3) is 0.667. The highest BCUT2D eigenvalue weighted by Gasteiger charge is 2.32. The first-order valence-corrected chi connectivity index (χ1v) is 5.88. The van der Waals surface area contributed by atoms with E-state index in [2.05, 4.69) is 10.6 Å². The van der Waals surface area contributed by atoms with E-state index in [4.69, 9.17) is 5.11 Å². The second-order valence-electron chi connectivity index (χ2n) is 4.68. The fourth-order valence-corrected chi connectivity index (χ4v) is 1.03. The lowest BCUT2D eigenvalue weighted by Crippen LogP contribution is -2.44. The van der Waals surface area contributed by atoms with Gasteiger partial charge >= 0.3 is 0 Å². The Labute approximate surface area is 107 Å². The Bertz CT molecular complexity index is 313. The van der Waals surface area contributed by atoms with Crippen LogP contribution in [0.2, 0.25) is 0 Å². The van der Waals surface area contributed by atoms with Crippen LogP contribution in [-0.2, 0) is 9.59 Å². The molecule has 0 aromatic carbocycles. The standard InChI is InChI=1S/C12H22N2O4/c1-4-6-13-9(16)5-7-14-11(18)10(17)12(2,3)8-15/h5,7,10,15,17H,4,6,8H2,1-3H3,(H,13,16)(H,14,18)/b7-5-. The molecule has 2 amide bonds. The van der Waals surface area contributed by atoms with Crippen molar-refractivity contribution in [2.45, 2.75) is 33.3 Å². The molecule has 0 aliphatic carbocycles. The summed E-state index contributed by atoms with van der Waals surface area (Å²) in [6, 6.07) is 0. The lowest BCUT2D eigenvalue weighted by Gasteiger charge is -2.26. The summed E-state index contributed by atoms with van der Waals surface area (Å²) in [4.78, 5) is 22.6. The zero-order valence-electron chi connectivity index (χ0n) is 11.1. The summed E-state index contributed by atoms with van der Waals surface area (Å²) in [5, 5.41) is 23.5. The van der Waals surface area contributed by atoms with E-state index in [1.807, 2.05) is 6.92 Å². The molecular formula is C12H22N2O4. The average Bonchev–Trinajstić information content (AvgIpc) is 2.35. The van der Waals surface area contributed by atoms with Crippen LogP contribution in [0.25, 0.3) is 0 Å². The van der Waals surface area contributed by atoms with Gasteiger partial charge in [0, 0.05) is 24.2 Å². The fourth-order valence-electron chi connectivity index (χ4n) is 1.03. The van der Waals surface area contributed by atoms with Gasteiger partial charge < -0.3 is 20.8 Å². The molecule has 18 heavy (non-hydrogen) atoms. The van der Waals surface area contributed by atoms with Crippen LogP contribution in [0.5, 0.6) is 0 Å². The van der Waals surface area contributed by atoms with Gasteiger partial charge in [0.1, 0.15) is 6.10 Å². The Hall–Kier alpha value is -1.40. The minimum Gasteiger partial charge on any atom is -0.396 e. The summed E-state index contributed by atoms with van der Waals surface area (Å²) < 4.78 is 0. The molecule has 4 N–H and O–H groups in total. The van der Waals surface area contributed by atoms with E-state index in [1.165, 1.54) is 12.3 Å². The predicted octanol–water partition coefficient (Wildman–Crippen LogP) is -0.478. The molecule has 1 unspecified atom stereocenters.